The van der Waals surface area contributed by atoms with Gasteiger partial charge in [-0.05, 0) is 42.2 Å². The topological polar surface area (TPSA) is 63.7 Å². The zero-order chi connectivity index (χ0) is 20.2. The normalized spacial score (nSPS) is 17.7. The molecule has 1 aliphatic carbocycles. The van der Waals surface area contributed by atoms with Crippen molar-refractivity contribution in [2.75, 3.05) is 27.4 Å². The van der Waals surface area contributed by atoms with Crippen LogP contribution in [0.5, 0.6) is 5.75 Å². The van der Waals surface area contributed by atoms with Crippen LogP contribution in [0.15, 0.2) is 35.3 Å². The Kier molecular flexibility index (Phi) is 4.06. The number of rotatable bonds is 2. The van der Waals surface area contributed by atoms with Crippen molar-refractivity contribution in [2.45, 2.75) is 18.3 Å². The number of nitrogens with zero attached hydrogens (tertiary/aromatic N) is 1. The summed E-state index contributed by atoms with van der Waals surface area (Å²) in [5.74, 6) is -0.521. The molecule has 29 heavy (non-hydrogen) atoms. The van der Waals surface area contributed by atoms with E-state index < -0.39 is 11.2 Å². The van der Waals surface area contributed by atoms with E-state index in [2.05, 4.69) is 9.98 Å². The van der Waals surface area contributed by atoms with E-state index in [1.807, 2.05) is 18.2 Å². The maximum absolute atomic E-state index is 14.5. The molecular weight excluding hydrogens is 371 g/mol. The Morgan fingerprint density at radius 1 is 1.24 bits per heavy atom. The number of ether oxygens (including phenoxy) is 2. The third-order valence-electron chi connectivity index (χ3n) is 6.20. The van der Waals surface area contributed by atoms with Crippen LogP contribution >= 0.6 is 0 Å². The summed E-state index contributed by atoms with van der Waals surface area (Å²) in [7, 11) is 3.17. The number of carbonyl (C=O) groups excluding carboxylic acids is 1. The van der Waals surface area contributed by atoms with Gasteiger partial charge in [0.05, 0.1) is 12.7 Å². The highest BCUT2D eigenvalue weighted by Crippen LogP contribution is 2.50. The molecule has 3 aromatic rings. The highest BCUT2D eigenvalue weighted by atomic mass is 19.1. The van der Waals surface area contributed by atoms with E-state index in [1.54, 1.807) is 19.3 Å². The van der Waals surface area contributed by atoms with Gasteiger partial charge in [0.25, 0.3) is 0 Å². The van der Waals surface area contributed by atoms with Crippen LogP contribution in [0.1, 0.15) is 45.6 Å². The lowest BCUT2D eigenvalue weighted by Crippen LogP contribution is -2.40. The van der Waals surface area contributed by atoms with E-state index in [9.17, 15) is 9.18 Å². The number of aromatic amines is 1. The van der Waals surface area contributed by atoms with Crippen molar-refractivity contribution in [3.8, 4) is 5.75 Å². The molecule has 5 rings (SSSR count). The quantitative estimate of drug-likeness (QED) is 0.671. The Bertz CT molecular complexity index is 1170. The molecule has 6 heteroatoms. The van der Waals surface area contributed by atoms with Gasteiger partial charge in [-0.25, -0.2) is 4.39 Å². The smallest absolute Gasteiger partial charge is 0.195 e. The molecule has 1 fully saturated rings. The van der Waals surface area contributed by atoms with Gasteiger partial charge < -0.3 is 14.5 Å². The van der Waals surface area contributed by atoms with Crippen LogP contribution in [-0.2, 0) is 10.2 Å². The van der Waals surface area contributed by atoms with Gasteiger partial charge in [0.1, 0.15) is 0 Å². The number of hydrogen-bond acceptors (Lipinski definition) is 4. The second-order valence-corrected chi connectivity index (χ2v) is 7.62. The molecule has 0 unspecified atom stereocenters. The van der Waals surface area contributed by atoms with Gasteiger partial charge in [0, 0.05) is 54.1 Å². The zero-order valence-electron chi connectivity index (χ0n) is 16.3. The van der Waals surface area contributed by atoms with E-state index in [0.29, 0.717) is 37.2 Å². The molecule has 0 atom stereocenters. The molecule has 1 saturated heterocycles. The Morgan fingerprint density at radius 2 is 2.03 bits per heavy atom. The average Bonchev–Trinajstić information content (AvgIpc) is 3.13. The summed E-state index contributed by atoms with van der Waals surface area (Å²) in [6.07, 6.45) is 3.20. The average molecular weight is 392 g/mol. The van der Waals surface area contributed by atoms with Crippen LogP contribution in [0.3, 0.4) is 0 Å². The first-order valence-corrected chi connectivity index (χ1v) is 9.68. The summed E-state index contributed by atoms with van der Waals surface area (Å²) in [4.78, 5) is 21.1. The van der Waals surface area contributed by atoms with Crippen molar-refractivity contribution >= 4 is 22.9 Å². The Labute approximate surface area is 167 Å². The van der Waals surface area contributed by atoms with E-state index in [4.69, 9.17) is 9.47 Å². The minimum absolute atomic E-state index is 0.156. The fraction of sp³-hybridized carbons (Fsp3) is 0.304. The van der Waals surface area contributed by atoms with Crippen molar-refractivity contribution in [2.24, 2.45) is 4.99 Å². The van der Waals surface area contributed by atoms with Crippen LogP contribution in [0.2, 0.25) is 0 Å². The number of aromatic nitrogens is 1. The highest BCUT2D eigenvalue weighted by molar-refractivity contribution is 6.20. The Balaban J connectivity index is 1.83. The van der Waals surface area contributed by atoms with Crippen LogP contribution in [0.25, 0.3) is 10.9 Å². The number of aliphatic imine (C=N–C) groups is 1. The molecular formula is C23H21FN2O3. The van der Waals surface area contributed by atoms with Crippen LogP contribution in [-0.4, -0.2) is 44.4 Å². The van der Waals surface area contributed by atoms with Gasteiger partial charge in [-0.1, -0.05) is 12.1 Å². The molecule has 2 aliphatic rings. The molecule has 0 amide bonds. The molecule has 0 bridgehead atoms. The van der Waals surface area contributed by atoms with Crippen LogP contribution in [0.4, 0.5) is 4.39 Å². The van der Waals surface area contributed by atoms with E-state index in [1.165, 1.54) is 13.2 Å². The summed E-state index contributed by atoms with van der Waals surface area (Å²) in [6.45, 7) is 1.16. The Hall–Kier alpha value is -2.99. The SMILES string of the molecule is CN=Cc1ccc2c3c([nH]c2c1)C1(CCOCC1)c1cc(OC)c(F)cc1C3=O. The van der Waals surface area contributed by atoms with Gasteiger partial charge in [-0.2, -0.15) is 0 Å². The predicted octanol–water partition coefficient (Wildman–Crippen LogP) is 4.01. The lowest BCUT2D eigenvalue weighted by Gasteiger charge is -2.41. The van der Waals surface area contributed by atoms with Gasteiger partial charge >= 0.3 is 0 Å². The number of halogens is 1. The number of hydrogen-bond donors (Lipinski definition) is 1. The molecule has 1 aliphatic heterocycles. The van der Waals surface area contributed by atoms with E-state index in [-0.39, 0.29) is 11.5 Å². The minimum Gasteiger partial charge on any atom is -0.494 e. The van der Waals surface area contributed by atoms with Crippen molar-refractivity contribution in [1.29, 1.82) is 0 Å². The molecule has 2 aromatic carbocycles. The summed E-state index contributed by atoms with van der Waals surface area (Å²) in [5.41, 5.74) is 4.17. The lowest BCUT2D eigenvalue weighted by atomic mass is 9.64. The largest absolute Gasteiger partial charge is 0.494 e. The second-order valence-electron chi connectivity index (χ2n) is 7.62. The van der Waals surface area contributed by atoms with E-state index >= 15 is 0 Å². The van der Waals surface area contributed by atoms with Gasteiger partial charge in [-0.3, -0.25) is 9.79 Å². The van der Waals surface area contributed by atoms with Crippen LogP contribution in [0, 0.1) is 5.82 Å². The second kappa shape index (κ2) is 6.52. The van der Waals surface area contributed by atoms with Crippen molar-refractivity contribution in [3.05, 3.63) is 64.1 Å². The molecule has 5 nitrogen and oxygen atoms in total. The molecule has 1 N–H and O–H groups in total. The number of benzene rings is 2. The number of nitrogens with one attached hydrogen (secondary N) is 1. The molecule has 1 spiro atoms. The summed E-state index contributed by atoms with van der Waals surface area (Å²) >= 11 is 0. The summed E-state index contributed by atoms with van der Waals surface area (Å²) in [5, 5.41) is 0.853. The number of carbonyl (C=O) groups is 1. The molecule has 2 heterocycles. The number of H-pyrrole nitrogens is 1. The summed E-state index contributed by atoms with van der Waals surface area (Å²) in [6, 6.07) is 8.90. The maximum Gasteiger partial charge on any atom is 0.195 e. The fourth-order valence-corrected chi connectivity index (χ4v) is 4.84. The monoisotopic (exact) mass is 392 g/mol. The van der Waals surface area contributed by atoms with Crippen LogP contribution < -0.4 is 4.74 Å². The van der Waals surface area contributed by atoms with Gasteiger partial charge in [0.2, 0.25) is 0 Å². The first-order valence-electron chi connectivity index (χ1n) is 9.68. The third-order valence-corrected chi connectivity index (χ3v) is 6.20. The number of fused-ring (bicyclic) bond motifs is 6. The maximum atomic E-state index is 14.5. The minimum atomic E-state index is -0.522. The number of methoxy groups -OCH3 is 1. The summed E-state index contributed by atoms with van der Waals surface area (Å²) < 4.78 is 25.4. The Morgan fingerprint density at radius 3 is 2.76 bits per heavy atom. The first-order chi connectivity index (χ1) is 14.1. The standard InChI is InChI=1S/C23H21FN2O3/c1-25-12-13-3-4-14-18(9-13)26-22-20(14)21(27)15-10-17(24)19(28-2)11-16(15)23(22)5-7-29-8-6-23/h3-4,9-12,26H,5-8H2,1-2H3. The van der Waals surface area contributed by atoms with Gasteiger partial charge in [-0.15, -0.1) is 0 Å². The van der Waals surface area contributed by atoms with Gasteiger partial charge in [0.15, 0.2) is 17.3 Å². The fourth-order valence-electron chi connectivity index (χ4n) is 4.84. The molecule has 1 aromatic heterocycles. The van der Waals surface area contributed by atoms with Crippen molar-refractivity contribution < 1.29 is 18.7 Å². The first kappa shape index (κ1) is 18.1. The highest BCUT2D eigenvalue weighted by Gasteiger charge is 2.47. The zero-order valence-corrected chi connectivity index (χ0v) is 16.3. The predicted molar refractivity (Wildman–Crippen MR) is 109 cm³/mol. The molecule has 0 radical (unpaired) electrons. The third kappa shape index (κ3) is 2.48. The molecule has 148 valence electrons. The number of ketones is 1. The van der Waals surface area contributed by atoms with Crippen molar-refractivity contribution in [3.63, 3.8) is 0 Å². The van der Waals surface area contributed by atoms with Crippen molar-refractivity contribution in [1.82, 2.24) is 4.98 Å². The lowest BCUT2D eigenvalue weighted by molar-refractivity contribution is 0.0600. The van der Waals surface area contributed by atoms with E-state index in [0.717, 1.165) is 27.7 Å². The molecule has 0 saturated carbocycles.